The monoisotopic (exact) mass is 442 g/mol. The predicted octanol–water partition coefficient (Wildman–Crippen LogP) is 4.78. The van der Waals surface area contributed by atoms with E-state index in [0.717, 1.165) is 57.1 Å². The molecule has 0 aromatic rings. The Morgan fingerprint density at radius 1 is 0.688 bits per heavy atom. The molecule has 0 unspecified atom stereocenters. The molecule has 0 aliphatic heterocycles. The molecule has 0 saturated heterocycles. The molecule has 0 atom stereocenters. The smallest absolute Gasteiger partial charge is 0.328 e. The minimum Gasteiger partial charge on any atom is -0.478 e. The van der Waals surface area contributed by atoms with Gasteiger partial charge in [0.2, 0.25) is 11.8 Å². The van der Waals surface area contributed by atoms with Crippen LogP contribution in [0.15, 0.2) is 72.9 Å². The number of nitrogens with one attached hydrogen (secondary N) is 2. The van der Waals surface area contributed by atoms with Crippen LogP contribution in [0.4, 0.5) is 0 Å². The molecule has 3 N–H and O–H groups in total. The molecule has 2 amide bonds. The fourth-order valence-electron chi connectivity index (χ4n) is 2.43. The summed E-state index contributed by atoms with van der Waals surface area (Å²) in [7, 11) is 0. The standard InChI is InChI=1S/C26H38N2O4/c1-2-3-4-5-6-7-8-9-10-11-12-13-14-15-16-17-18-19-24(29)27-22-23-28-25(30)20-21-26(31)32/h3-4,6-7,9-10,12-13,15-16,20-21H,2,5,8,11,14,17-19,22-23H2,1H3,(H,27,29)(H,28,30)(H,31,32). The molecule has 0 heterocycles. The van der Waals surface area contributed by atoms with E-state index in [1.165, 1.54) is 0 Å². The fraction of sp³-hybridized carbons (Fsp3) is 0.423. The quantitative estimate of drug-likeness (QED) is 0.162. The van der Waals surface area contributed by atoms with Crippen LogP contribution in [0.1, 0.15) is 58.3 Å². The summed E-state index contributed by atoms with van der Waals surface area (Å²) in [4.78, 5) is 33.2. The highest BCUT2D eigenvalue weighted by molar-refractivity contribution is 5.93. The largest absolute Gasteiger partial charge is 0.478 e. The van der Waals surface area contributed by atoms with E-state index in [9.17, 15) is 14.4 Å². The summed E-state index contributed by atoms with van der Waals surface area (Å²) in [6.45, 7) is 2.70. The lowest BCUT2D eigenvalue weighted by atomic mass is 10.2. The molecule has 176 valence electrons. The maximum Gasteiger partial charge on any atom is 0.328 e. The highest BCUT2D eigenvalue weighted by Gasteiger charge is 2.00. The third-order valence-corrected chi connectivity index (χ3v) is 4.06. The van der Waals surface area contributed by atoms with E-state index in [1.807, 2.05) is 0 Å². The van der Waals surface area contributed by atoms with Crippen molar-refractivity contribution < 1.29 is 19.5 Å². The van der Waals surface area contributed by atoms with Crippen LogP contribution >= 0.6 is 0 Å². The van der Waals surface area contributed by atoms with E-state index in [-0.39, 0.29) is 12.5 Å². The van der Waals surface area contributed by atoms with Gasteiger partial charge in [0.1, 0.15) is 0 Å². The molecule has 0 aromatic carbocycles. The van der Waals surface area contributed by atoms with E-state index >= 15 is 0 Å². The van der Waals surface area contributed by atoms with Crippen LogP contribution in [0.3, 0.4) is 0 Å². The molecule has 0 bridgehead atoms. The van der Waals surface area contributed by atoms with Crippen LogP contribution in [0.5, 0.6) is 0 Å². The summed E-state index contributed by atoms with van der Waals surface area (Å²) < 4.78 is 0. The van der Waals surface area contributed by atoms with Gasteiger partial charge in [0.25, 0.3) is 0 Å². The van der Waals surface area contributed by atoms with Crippen LogP contribution in [0, 0.1) is 0 Å². The minimum absolute atomic E-state index is 0.0623. The second-order valence-corrected chi connectivity index (χ2v) is 6.91. The van der Waals surface area contributed by atoms with Gasteiger partial charge >= 0.3 is 5.97 Å². The first-order valence-corrected chi connectivity index (χ1v) is 11.3. The number of rotatable bonds is 18. The summed E-state index contributed by atoms with van der Waals surface area (Å²) in [5.41, 5.74) is 0. The molecule has 0 fully saturated rings. The van der Waals surface area contributed by atoms with Crippen molar-refractivity contribution in [2.45, 2.75) is 58.3 Å². The Hall–Kier alpha value is -3.15. The fourth-order valence-corrected chi connectivity index (χ4v) is 2.43. The van der Waals surface area contributed by atoms with Crippen molar-refractivity contribution >= 4 is 17.8 Å². The van der Waals surface area contributed by atoms with Crippen molar-refractivity contribution in [3.8, 4) is 0 Å². The zero-order chi connectivity index (χ0) is 23.7. The van der Waals surface area contributed by atoms with Crippen LogP contribution in [0.2, 0.25) is 0 Å². The van der Waals surface area contributed by atoms with Crippen LogP contribution in [0.25, 0.3) is 0 Å². The molecule has 6 nitrogen and oxygen atoms in total. The second kappa shape index (κ2) is 22.5. The van der Waals surface area contributed by atoms with Crippen LogP contribution in [-0.2, 0) is 14.4 Å². The van der Waals surface area contributed by atoms with Crippen LogP contribution in [-0.4, -0.2) is 36.0 Å². The molecule has 0 radical (unpaired) electrons. The molecule has 0 saturated carbocycles. The molecular weight excluding hydrogens is 404 g/mol. The Bertz CT molecular complexity index is 701. The minimum atomic E-state index is -1.18. The van der Waals surface area contributed by atoms with Crippen molar-refractivity contribution in [2.24, 2.45) is 0 Å². The number of aliphatic carboxylic acids is 1. The third-order valence-electron chi connectivity index (χ3n) is 4.06. The van der Waals surface area contributed by atoms with Gasteiger partial charge in [0.05, 0.1) is 0 Å². The topological polar surface area (TPSA) is 95.5 Å². The van der Waals surface area contributed by atoms with Gasteiger partial charge in [-0.3, -0.25) is 9.59 Å². The van der Waals surface area contributed by atoms with Crippen molar-refractivity contribution in [1.82, 2.24) is 10.6 Å². The lowest BCUT2D eigenvalue weighted by Crippen LogP contribution is -2.33. The first kappa shape index (κ1) is 28.9. The molecule has 0 spiro atoms. The van der Waals surface area contributed by atoms with E-state index in [2.05, 4.69) is 78.3 Å². The molecule has 0 rings (SSSR count). The number of carboxylic acids is 1. The highest BCUT2D eigenvalue weighted by Crippen LogP contribution is 1.99. The summed E-state index contributed by atoms with van der Waals surface area (Å²) >= 11 is 0. The first-order valence-electron chi connectivity index (χ1n) is 11.3. The molecule has 0 aliphatic rings. The van der Waals surface area contributed by atoms with E-state index in [0.29, 0.717) is 13.0 Å². The Labute approximate surface area is 192 Å². The summed E-state index contributed by atoms with van der Waals surface area (Å²) in [6.07, 6.45) is 30.2. The third kappa shape index (κ3) is 23.1. The van der Waals surface area contributed by atoms with Gasteiger partial charge in [-0.2, -0.15) is 0 Å². The molecule has 0 aliphatic carbocycles. The van der Waals surface area contributed by atoms with E-state index in [1.54, 1.807) is 0 Å². The Morgan fingerprint density at radius 2 is 1.19 bits per heavy atom. The number of carboxylic acid groups (broad SMARTS) is 1. The molecule has 6 heteroatoms. The van der Waals surface area contributed by atoms with Crippen molar-refractivity contribution in [3.05, 3.63) is 72.9 Å². The first-order chi connectivity index (χ1) is 15.6. The van der Waals surface area contributed by atoms with Gasteiger partial charge in [-0.05, 0) is 44.9 Å². The second-order valence-electron chi connectivity index (χ2n) is 6.91. The lowest BCUT2D eigenvalue weighted by Gasteiger charge is -2.05. The summed E-state index contributed by atoms with van der Waals surface area (Å²) in [5.74, 6) is -1.74. The maximum absolute atomic E-state index is 11.7. The SMILES string of the molecule is CCC=CCC=CCC=CCC=CCC=CCCCC(=O)NCCNC(=O)C=CC(=O)O. The van der Waals surface area contributed by atoms with Gasteiger partial charge in [0, 0.05) is 31.7 Å². The van der Waals surface area contributed by atoms with Gasteiger partial charge in [0.15, 0.2) is 0 Å². The van der Waals surface area contributed by atoms with Crippen molar-refractivity contribution in [2.75, 3.05) is 13.1 Å². The number of carbonyl (C=O) groups is 3. The molecular formula is C26H38N2O4. The number of carbonyl (C=O) groups excluding carboxylic acids is 2. The number of allylic oxidation sites excluding steroid dienone is 10. The van der Waals surface area contributed by atoms with Gasteiger partial charge in [-0.25, -0.2) is 4.79 Å². The predicted molar refractivity (Wildman–Crippen MR) is 131 cm³/mol. The number of hydrogen-bond donors (Lipinski definition) is 3. The number of unbranched alkanes of at least 4 members (excludes halogenated alkanes) is 1. The summed E-state index contributed by atoms with van der Waals surface area (Å²) in [5, 5.41) is 13.6. The van der Waals surface area contributed by atoms with Gasteiger partial charge in [-0.1, -0.05) is 67.7 Å². The average Bonchev–Trinajstić information content (AvgIpc) is 2.77. The molecule has 32 heavy (non-hydrogen) atoms. The zero-order valence-corrected chi connectivity index (χ0v) is 19.2. The van der Waals surface area contributed by atoms with Gasteiger partial charge < -0.3 is 15.7 Å². The Kier molecular flexibility index (Phi) is 20.3. The Balaban J connectivity index is 3.60. The van der Waals surface area contributed by atoms with Crippen LogP contribution < -0.4 is 10.6 Å². The zero-order valence-electron chi connectivity index (χ0n) is 19.2. The van der Waals surface area contributed by atoms with E-state index < -0.39 is 11.9 Å². The van der Waals surface area contributed by atoms with Crippen molar-refractivity contribution in [3.63, 3.8) is 0 Å². The maximum atomic E-state index is 11.7. The Morgan fingerprint density at radius 3 is 1.72 bits per heavy atom. The van der Waals surface area contributed by atoms with Crippen molar-refractivity contribution in [1.29, 1.82) is 0 Å². The number of hydrogen-bond acceptors (Lipinski definition) is 3. The summed E-state index contributed by atoms with van der Waals surface area (Å²) in [6, 6.07) is 0. The molecule has 0 aromatic heterocycles. The number of amides is 2. The van der Waals surface area contributed by atoms with E-state index in [4.69, 9.17) is 5.11 Å². The average molecular weight is 443 g/mol. The lowest BCUT2D eigenvalue weighted by molar-refractivity contribution is -0.131. The van der Waals surface area contributed by atoms with Gasteiger partial charge in [-0.15, -0.1) is 0 Å². The highest BCUT2D eigenvalue weighted by atomic mass is 16.4. The normalized spacial score (nSPS) is 12.3.